The number of aliphatic hydroxyl groups is 1. The fourth-order valence-electron chi connectivity index (χ4n) is 2.16. The van der Waals surface area contributed by atoms with Gasteiger partial charge in [0.15, 0.2) is 0 Å². The molecule has 0 aliphatic carbocycles. The highest BCUT2D eigenvalue weighted by molar-refractivity contribution is 5.69. The standard InChI is InChI=1S/C13H17FN2O6/c1-2-3-11(18)21-6-9-8(17)4-10(22-9)16-5-7(14)12(19)15-13(16)20/h5,8-10,17H,2-4,6H2,1H3,(H,15,19,20)/t8-,9+,10+/m0/s1. The Balaban J connectivity index is 2.04. The first-order chi connectivity index (χ1) is 10.4. The zero-order valence-corrected chi connectivity index (χ0v) is 12.0. The second-order valence-electron chi connectivity index (χ2n) is 5.01. The Bertz CT molecular complexity index is 655. The number of esters is 1. The average molecular weight is 316 g/mol. The number of aliphatic hydroxyl groups excluding tert-OH is 1. The SMILES string of the molecule is CCCC(=O)OC[C@H]1O[C@@H](n2cc(F)c(=O)[nH]c2=O)C[C@@H]1O. The van der Waals surface area contributed by atoms with Gasteiger partial charge in [0.2, 0.25) is 5.82 Å². The summed E-state index contributed by atoms with van der Waals surface area (Å²) in [6.07, 6.45) is -1.08. The summed E-state index contributed by atoms with van der Waals surface area (Å²) >= 11 is 0. The summed E-state index contributed by atoms with van der Waals surface area (Å²) in [5.74, 6) is -1.54. The first kappa shape index (κ1) is 16.4. The third-order valence-electron chi connectivity index (χ3n) is 3.30. The molecule has 0 spiro atoms. The van der Waals surface area contributed by atoms with Gasteiger partial charge in [-0.25, -0.2) is 4.79 Å². The summed E-state index contributed by atoms with van der Waals surface area (Å²) < 4.78 is 24.5. The first-order valence-corrected chi connectivity index (χ1v) is 6.92. The maximum Gasteiger partial charge on any atom is 0.330 e. The van der Waals surface area contributed by atoms with Gasteiger partial charge in [0.25, 0.3) is 5.56 Å². The minimum Gasteiger partial charge on any atom is -0.463 e. The van der Waals surface area contributed by atoms with Crippen molar-refractivity contribution in [2.24, 2.45) is 0 Å². The smallest absolute Gasteiger partial charge is 0.330 e. The van der Waals surface area contributed by atoms with E-state index in [1.54, 1.807) is 0 Å². The zero-order chi connectivity index (χ0) is 16.3. The Kier molecular flexibility index (Phi) is 5.09. The molecule has 122 valence electrons. The molecule has 1 aliphatic heterocycles. The fourth-order valence-corrected chi connectivity index (χ4v) is 2.16. The minimum absolute atomic E-state index is 0.0153. The van der Waals surface area contributed by atoms with E-state index in [2.05, 4.69) is 0 Å². The summed E-state index contributed by atoms with van der Waals surface area (Å²) in [6.45, 7) is 1.67. The molecule has 2 rings (SSSR count). The van der Waals surface area contributed by atoms with Crippen LogP contribution in [0.5, 0.6) is 0 Å². The van der Waals surface area contributed by atoms with Gasteiger partial charge in [-0.15, -0.1) is 0 Å². The molecule has 1 fully saturated rings. The van der Waals surface area contributed by atoms with Crippen molar-refractivity contribution in [1.29, 1.82) is 0 Å². The lowest BCUT2D eigenvalue weighted by Gasteiger charge is -2.16. The van der Waals surface area contributed by atoms with E-state index in [0.717, 1.165) is 10.8 Å². The number of hydrogen-bond acceptors (Lipinski definition) is 6. The van der Waals surface area contributed by atoms with Gasteiger partial charge >= 0.3 is 11.7 Å². The van der Waals surface area contributed by atoms with Gasteiger partial charge in [0.05, 0.1) is 12.3 Å². The van der Waals surface area contributed by atoms with Crippen molar-refractivity contribution in [3.63, 3.8) is 0 Å². The lowest BCUT2D eigenvalue weighted by molar-refractivity contribution is -0.150. The highest BCUT2D eigenvalue weighted by atomic mass is 19.1. The number of carbonyl (C=O) groups excluding carboxylic acids is 1. The molecule has 1 aromatic heterocycles. The van der Waals surface area contributed by atoms with E-state index >= 15 is 0 Å². The molecule has 1 aliphatic rings. The van der Waals surface area contributed by atoms with Gasteiger partial charge in [-0.05, 0) is 6.42 Å². The largest absolute Gasteiger partial charge is 0.463 e. The van der Waals surface area contributed by atoms with Crippen molar-refractivity contribution < 1.29 is 23.8 Å². The van der Waals surface area contributed by atoms with Crippen LogP contribution < -0.4 is 11.2 Å². The van der Waals surface area contributed by atoms with E-state index in [0.29, 0.717) is 6.42 Å². The second-order valence-corrected chi connectivity index (χ2v) is 5.01. The Labute approximate surface area is 124 Å². The van der Waals surface area contributed by atoms with Crippen LogP contribution >= 0.6 is 0 Å². The third-order valence-corrected chi connectivity index (χ3v) is 3.30. The molecule has 9 heteroatoms. The van der Waals surface area contributed by atoms with Crippen molar-refractivity contribution >= 4 is 5.97 Å². The van der Waals surface area contributed by atoms with Crippen molar-refractivity contribution in [3.8, 4) is 0 Å². The van der Waals surface area contributed by atoms with Gasteiger partial charge < -0.3 is 14.6 Å². The molecule has 0 bridgehead atoms. The molecule has 1 saturated heterocycles. The quantitative estimate of drug-likeness (QED) is 0.720. The maximum atomic E-state index is 13.3. The number of hydrogen-bond donors (Lipinski definition) is 2. The number of aromatic nitrogens is 2. The molecule has 1 aromatic rings. The first-order valence-electron chi connectivity index (χ1n) is 6.92. The Hall–Kier alpha value is -2.00. The summed E-state index contributed by atoms with van der Waals surface area (Å²) in [5.41, 5.74) is -1.96. The number of halogens is 1. The van der Waals surface area contributed by atoms with Crippen molar-refractivity contribution in [2.45, 2.75) is 44.6 Å². The van der Waals surface area contributed by atoms with Crippen molar-refractivity contribution in [3.05, 3.63) is 32.9 Å². The molecule has 22 heavy (non-hydrogen) atoms. The third kappa shape index (κ3) is 3.60. The monoisotopic (exact) mass is 316 g/mol. The molecule has 0 radical (unpaired) electrons. The Morgan fingerprint density at radius 2 is 2.32 bits per heavy atom. The summed E-state index contributed by atoms with van der Waals surface area (Å²) in [5, 5.41) is 9.88. The van der Waals surface area contributed by atoms with Crippen LogP contribution in [0.25, 0.3) is 0 Å². The van der Waals surface area contributed by atoms with E-state index in [4.69, 9.17) is 9.47 Å². The molecule has 2 heterocycles. The van der Waals surface area contributed by atoms with E-state index in [1.807, 2.05) is 11.9 Å². The molecule has 0 aromatic carbocycles. The van der Waals surface area contributed by atoms with Crippen molar-refractivity contribution in [2.75, 3.05) is 6.61 Å². The lowest BCUT2D eigenvalue weighted by atomic mass is 10.2. The Morgan fingerprint density at radius 3 is 3.00 bits per heavy atom. The van der Waals surface area contributed by atoms with Crippen molar-refractivity contribution in [1.82, 2.24) is 9.55 Å². The van der Waals surface area contributed by atoms with Crippen LogP contribution in [-0.2, 0) is 14.3 Å². The number of ether oxygens (including phenoxy) is 2. The van der Waals surface area contributed by atoms with E-state index < -0.39 is 41.5 Å². The number of H-pyrrole nitrogens is 1. The predicted molar refractivity (Wildman–Crippen MR) is 71.7 cm³/mol. The van der Waals surface area contributed by atoms with Gasteiger partial charge in [-0.1, -0.05) is 6.92 Å². The second kappa shape index (κ2) is 6.84. The topological polar surface area (TPSA) is 111 Å². The van der Waals surface area contributed by atoms with Crippen LogP contribution in [0.15, 0.2) is 15.8 Å². The van der Waals surface area contributed by atoms with Gasteiger partial charge in [-0.2, -0.15) is 4.39 Å². The lowest BCUT2D eigenvalue weighted by Crippen LogP contribution is -2.34. The number of nitrogens with one attached hydrogen (secondary N) is 1. The summed E-state index contributed by atoms with van der Waals surface area (Å²) in [4.78, 5) is 35.7. The molecular formula is C13H17FN2O6. The van der Waals surface area contributed by atoms with Crippen LogP contribution in [0.3, 0.4) is 0 Å². The Morgan fingerprint density at radius 1 is 1.59 bits per heavy atom. The summed E-state index contributed by atoms with van der Waals surface area (Å²) in [7, 11) is 0. The predicted octanol–water partition coefficient (Wildman–Crippen LogP) is -0.333. The molecule has 0 saturated carbocycles. The van der Waals surface area contributed by atoms with Crippen LogP contribution in [0, 0.1) is 5.82 Å². The molecule has 3 atom stereocenters. The number of nitrogens with zero attached hydrogens (tertiary/aromatic N) is 1. The van der Waals surface area contributed by atoms with Gasteiger partial charge in [0.1, 0.15) is 18.9 Å². The molecule has 0 amide bonds. The fraction of sp³-hybridized carbons (Fsp3) is 0.615. The highest BCUT2D eigenvalue weighted by Gasteiger charge is 2.36. The van der Waals surface area contributed by atoms with Crippen LogP contribution in [0.1, 0.15) is 32.4 Å². The molecular weight excluding hydrogens is 299 g/mol. The van der Waals surface area contributed by atoms with Crippen LogP contribution in [0.2, 0.25) is 0 Å². The average Bonchev–Trinajstić information content (AvgIpc) is 2.82. The van der Waals surface area contributed by atoms with Crippen LogP contribution in [0.4, 0.5) is 4.39 Å². The molecule has 8 nitrogen and oxygen atoms in total. The summed E-state index contributed by atoms with van der Waals surface area (Å²) in [6, 6.07) is 0. The van der Waals surface area contributed by atoms with E-state index in [1.165, 1.54) is 0 Å². The van der Waals surface area contributed by atoms with E-state index in [9.17, 15) is 23.9 Å². The number of aromatic amines is 1. The number of rotatable bonds is 5. The van der Waals surface area contributed by atoms with Gasteiger partial charge in [-0.3, -0.25) is 19.1 Å². The minimum atomic E-state index is -1.13. The zero-order valence-electron chi connectivity index (χ0n) is 12.0. The van der Waals surface area contributed by atoms with E-state index in [-0.39, 0.29) is 19.4 Å². The van der Waals surface area contributed by atoms with Gasteiger partial charge in [0, 0.05) is 12.8 Å². The molecule has 0 unspecified atom stereocenters. The normalized spacial score (nSPS) is 24.4. The number of carbonyl (C=O) groups is 1. The molecule has 2 N–H and O–H groups in total. The highest BCUT2D eigenvalue weighted by Crippen LogP contribution is 2.27. The van der Waals surface area contributed by atoms with Crippen LogP contribution in [-0.4, -0.2) is 39.4 Å². The maximum absolute atomic E-state index is 13.3.